The number of imide groups is 1. The molecule has 25 heavy (non-hydrogen) atoms. The van der Waals surface area contributed by atoms with E-state index in [1.807, 2.05) is 30.3 Å². The molecule has 1 heterocycles. The van der Waals surface area contributed by atoms with Crippen LogP contribution in [0.2, 0.25) is 0 Å². The Morgan fingerprint density at radius 2 is 1.88 bits per heavy atom. The number of aromatic hydroxyl groups is 1. The molecule has 1 fully saturated rings. The molecule has 1 aliphatic heterocycles. The first kappa shape index (κ1) is 17.8. The molecule has 128 valence electrons. The van der Waals surface area contributed by atoms with Crippen LogP contribution in [-0.2, 0) is 11.2 Å². The molecule has 0 aliphatic carbocycles. The third-order valence-electron chi connectivity index (χ3n) is 3.83. The minimum Gasteiger partial charge on any atom is -0.507 e. The molecule has 0 bridgehead atoms. The molecular formula is C19H16BrNO3S. The van der Waals surface area contributed by atoms with Crippen molar-refractivity contribution in [3.63, 3.8) is 0 Å². The van der Waals surface area contributed by atoms with Crippen molar-refractivity contribution in [3.05, 3.63) is 69.0 Å². The summed E-state index contributed by atoms with van der Waals surface area (Å²) in [6.45, 7) is 0.413. The maximum Gasteiger partial charge on any atom is 0.293 e. The fraction of sp³-hybridized carbons (Fsp3) is 0.158. The van der Waals surface area contributed by atoms with E-state index in [1.54, 1.807) is 24.3 Å². The zero-order valence-corrected chi connectivity index (χ0v) is 15.7. The van der Waals surface area contributed by atoms with Crippen molar-refractivity contribution in [2.24, 2.45) is 0 Å². The Morgan fingerprint density at radius 1 is 1.12 bits per heavy atom. The first-order chi connectivity index (χ1) is 12.0. The van der Waals surface area contributed by atoms with E-state index in [1.165, 1.54) is 10.5 Å². The Labute approximate surface area is 158 Å². The molecule has 1 aliphatic rings. The van der Waals surface area contributed by atoms with Gasteiger partial charge in [0.25, 0.3) is 11.1 Å². The number of hydrogen-bond donors (Lipinski definition) is 1. The SMILES string of the molecule is O=C1S/C(=C/c2ccc(O)c(Br)c2)C(=O)N1CCCc1ccccc1. The number of phenols is 1. The molecule has 4 nitrogen and oxygen atoms in total. The van der Waals surface area contributed by atoms with Gasteiger partial charge in [0.1, 0.15) is 5.75 Å². The van der Waals surface area contributed by atoms with Crippen molar-refractivity contribution >= 4 is 44.9 Å². The van der Waals surface area contributed by atoms with Crippen LogP contribution < -0.4 is 0 Å². The number of amides is 2. The molecule has 3 rings (SSSR count). The summed E-state index contributed by atoms with van der Waals surface area (Å²) in [6.07, 6.45) is 3.24. The van der Waals surface area contributed by atoms with E-state index in [-0.39, 0.29) is 16.9 Å². The number of nitrogens with zero attached hydrogens (tertiary/aromatic N) is 1. The standard InChI is InChI=1S/C19H16BrNO3S/c20-15-11-14(8-9-16(15)22)12-17-18(23)21(19(24)25-17)10-4-7-13-5-2-1-3-6-13/h1-3,5-6,8-9,11-12,22H,4,7,10H2/b17-12+. The van der Waals surface area contributed by atoms with Gasteiger partial charge in [-0.3, -0.25) is 14.5 Å². The van der Waals surface area contributed by atoms with Crippen molar-refractivity contribution in [3.8, 4) is 5.75 Å². The van der Waals surface area contributed by atoms with E-state index in [9.17, 15) is 14.7 Å². The third-order valence-corrected chi connectivity index (χ3v) is 5.38. The zero-order valence-electron chi connectivity index (χ0n) is 13.3. The monoisotopic (exact) mass is 417 g/mol. The van der Waals surface area contributed by atoms with Crippen molar-refractivity contribution in [1.82, 2.24) is 4.90 Å². The Morgan fingerprint density at radius 3 is 2.60 bits per heavy atom. The van der Waals surface area contributed by atoms with Crippen molar-refractivity contribution in [2.75, 3.05) is 6.54 Å². The Hall–Kier alpha value is -2.05. The molecule has 2 amide bonds. The predicted molar refractivity (Wildman–Crippen MR) is 103 cm³/mol. The van der Waals surface area contributed by atoms with Crippen LogP contribution in [-0.4, -0.2) is 27.7 Å². The summed E-state index contributed by atoms with van der Waals surface area (Å²) in [5.41, 5.74) is 1.94. The van der Waals surface area contributed by atoms with Gasteiger partial charge in [-0.2, -0.15) is 0 Å². The van der Waals surface area contributed by atoms with Crippen molar-refractivity contribution < 1.29 is 14.7 Å². The number of phenolic OH excluding ortho intramolecular Hbond substituents is 1. The minimum absolute atomic E-state index is 0.131. The van der Waals surface area contributed by atoms with Crippen LogP contribution in [0.3, 0.4) is 0 Å². The molecule has 2 aromatic carbocycles. The summed E-state index contributed by atoms with van der Waals surface area (Å²) in [7, 11) is 0. The topological polar surface area (TPSA) is 57.6 Å². The molecule has 0 radical (unpaired) electrons. The van der Waals surface area contributed by atoms with Crippen LogP contribution in [0.4, 0.5) is 4.79 Å². The predicted octanol–water partition coefficient (Wildman–Crippen LogP) is 4.82. The normalized spacial score (nSPS) is 16.0. The number of carbonyl (C=O) groups is 2. The Bertz CT molecular complexity index is 836. The molecule has 0 saturated carbocycles. The fourth-order valence-electron chi connectivity index (χ4n) is 2.54. The van der Waals surface area contributed by atoms with Crippen molar-refractivity contribution in [1.29, 1.82) is 0 Å². The lowest BCUT2D eigenvalue weighted by Gasteiger charge is -2.12. The number of hydrogen-bond acceptors (Lipinski definition) is 4. The molecular weight excluding hydrogens is 402 g/mol. The Kier molecular flexibility index (Phi) is 5.60. The number of halogens is 1. The highest BCUT2D eigenvalue weighted by molar-refractivity contribution is 9.10. The van der Waals surface area contributed by atoms with Gasteiger partial charge in [0.15, 0.2) is 0 Å². The summed E-state index contributed by atoms with van der Waals surface area (Å²) in [5, 5.41) is 9.30. The second-order valence-corrected chi connectivity index (χ2v) is 7.48. The van der Waals surface area contributed by atoms with Crippen LogP contribution in [0.5, 0.6) is 5.75 Å². The summed E-state index contributed by atoms with van der Waals surface area (Å²) in [6, 6.07) is 14.9. The lowest BCUT2D eigenvalue weighted by Crippen LogP contribution is -2.29. The summed E-state index contributed by atoms with van der Waals surface area (Å²) < 4.78 is 0.545. The molecule has 1 N–H and O–H groups in total. The van der Waals surface area contributed by atoms with Crippen LogP contribution in [0.1, 0.15) is 17.5 Å². The van der Waals surface area contributed by atoms with Gasteiger partial charge in [-0.15, -0.1) is 0 Å². The largest absolute Gasteiger partial charge is 0.507 e. The second-order valence-electron chi connectivity index (χ2n) is 5.63. The Balaban J connectivity index is 1.65. The number of aryl methyl sites for hydroxylation is 1. The van der Waals surface area contributed by atoms with Crippen LogP contribution in [0.25, 0.3) is 6.08 Å². The third kappa shape index (κ3) is 4.32. The maximum absolute atomic E-state index is 12.5. The van der Waals surface area contributed by atoms with Gasteiger partial charge in [-0.25, -0.2) is 0 Å². The van der Waals surface area contributed by atoms with E-state index in [2.05, 4.69) is 15.9 Å². The molecule has 0 atom stereocenters. The van der Waals surface area contributed by atoms with Crippen LogP contribution in [0.15, 0.2) is 57.9 Å². The minimum atomic E-state index is -0.257. The highest BCUT2D eigenvalue weighted by atomic mass is 79.9. The average molecular weight is 418 g/mol. The van der Waals surface area contributed by atoms with E-state index in [4.69, 9.17) is 0 Å². The molecule has 2 aromatic rings. The first-order valence-electron chi connectivity index (χ1n) is 7.82. The molecule has 0 unspecified atom stereocenters. The van der Waals surface area contributed by atoms with Gasteiger partial charge < -0.3 is 5.11 Å². The number of rotatable bonds is 5. The summed E-state index contributed by atoms with van der Waals surface area (Å²) in [4.78, 5) is 26.3. The van der Waals surface area contributed by atoms with Crippen LogP contribution in [0, 0.1) is 0 Å². The van der Waals surface area contributed by atoms with Gasteiger partial charge in [0.2, 0.25) is 0 Å². The van der Waals surface area contributed by atoms with E-state index in [0.29, 0.717) is 15.9 Å². The average Bonchev–Trinajstić information content (AvgIpc) is 2.86. The molecule has 6 heteroatoms. The van der Waals surface area contributed by atoms with E-state index >= 15 is 0 Å². The van der Waals surface area contributed by atoms with Gasteiger partial charge in [0.05, 0.1) is 9.38 Å². The van der Waals surface area contributed by atoms with Gasteiger partial charge in [0, 0.05) is 6.54 Å². The summed E-state index contributed by atoms with van der Waals surface area (Å²) in [5.74, 6) is -0.126. The highest BCUT2D eigenvalue weighted by Crippen LogP contribution is 2.33. The van der Waals surface area contributed by atoms with Gasteiger partial charge in [-0.05, 0) is 69.9 Å². The lowest BCUT2D eigenvalue weighted by atomic mass is 10.1. The van der Waals surface area contributed by atoms with E-state index < -0.39 is 0 Å². The highest BCUT2D eigenvalue weighted by Gasteiger charge is 2.34. The number of thioether (sulfide) groups is 1. The number of benzene rings is 2. The van der Waals surface area contributed by atoms with Gasteiger partial charge >= 0.3 is 0 Å². The van der Waals surface area contributed by atoms with E-state index in [0.717, 1.165) is 30.2 Å². The van der Waals surface area contributed by atoms with Crippen LogP contribution >= 0.6 is 27.7 Å². The van der Waals surface area contributed by atoms with Gasteiger partial charge in [-0.1, -0.05) is 36.4 Å². The maximum atomic E-state index is 12.5. The first-order valence-corrected chi connectivity index (χ1v) is 9.43. The smallest absolute Gasteiger partial charge is 0.293 e. The fourth-order valence-corrected chi connectivity index (χ4v) is 3.80. The quantitative estimate of drug-likeness (QED) is 0.708. The molecule has 1 saturated heterocycles. The zero-order chi connectivity index (χ0) is 17.8. The number of carbonyl (C=O) groups excluding carboxylic acids is 2. The molecule has 0 aromatic heterocycles. The lowest BCUT2D eigenvalue weighted by molar-refractivity contribution is -0.122. The molecule has 0 spiro atoms. The second kappa shape index (κ2) is 7.89. The summed E-state index contributed by atoms with van der Waals surface area (Å²) >= 11 is 4.20. The van der Waals surface area contributed by atoms with Crippen molar-refractivity contribution in [2.45, 2.75) is 12.8 Å².